The summed E-state index contributed by atoms with van der Waals surface area (Å²) in [4.78, 5) is 11.5. The third kappa shape index (κ3) is 4.11. The van der Waals surface area contributed by atoms with Crippen LogP contribution < -0.4 is 10.6 Å². The molecular formula is C13H20F3N5O. The number of nitrogens with one attached hydrogen (secondary N) is 2. The van der Waals surface area contributed by atoms with E-state index in [1.807, 2.05) is 6.92 Å². The maximum Gasteiger partial charge on any atom is 0.392 e. The third-order valence-electron chi connectivity index (χ3n) is 3.72. The molecule has 0 spiro atoms. The SMILES string of the molecule is CCCCNC(=O)NCc1nnc2n1CCC(C(F)(F)F)C2. The summed E-state index contributed by atoms with van der Waals surface area (Å²) >= 11 is 0. The molecule has 1 unspecified atom stereocenters. The van der Waals surface area contributed by atoms with Crippen molar-refractivity contribution in [3.8, 4) is 0 Å². The van der Waals surface area contributed by atoms with Crippen LogP contribution in [0.5, 0.6) is 0 Å². The molecule has 22 heavy (non-hydrogen) atoms. The average Bonchev–Trinajstić information content (AvgIpc) is 2.87. The average molecular weight is 319 g/mol. The second kappa shape index (κ2) is 6.97. The van der Waals surface area contributed by atoms with Gasteiger partial charge in [-0.1, -0.05) is 13.3 Å². The van der Waals surface area contributed by atoms with Gasteiger partial charge in [0.25, 0.3) is 0 Å². The minimum absolute atomic E-state index is 0.0181. The Morgan fingerprint density at radius 3 is 2.82 bits per heavy atom. The number of hydrogen-bond donors (Lipinski definition) is 2. The molecule has 2 amide bonds. The van der Waals surface area contributed by atoms with Crippen LogP contribution in [0.3, 0.4) is 0 Å². The molecule has 1 aliphatic rings. The zero-order chi connectivity index (χ0) is 16.2. The van der Waals surface area contributed by atoms with Crippen molar-refractivity contribution in [3.63, 3.8) is 0 Å². The summed E-state index contributed by atoms with van der Waals surface area (Å²) in [6, 6.07) is -0.310. The highest BCUT2D eigenvalue weighted by molar-refractivity contribution is 5.73. The zero-order valence-electron chi connectivity index (χ0n) is 12.4. The summed E-state index contributed by atoms with van der Waals surface area (Å²) in [5.41, 5.74) is 0. The first-order valence-electron chi connectivity index (χ1n) is 7.41. The number of halogens is 3. The van der Waals surface area contributed by atoms with Gasteiger partial charge in [0.2, 0.25) is 0 Å². The lowest BCUT2D eigenvalue weighted by atomic mass is 9.97. The van der Waals surface area contributed by atoms with Gasteiger partial charge < -0.3 is 15.2 Å². The molecule has 2 rings (SSSR count). The first-order chi connectivity index (χ1) is 10.4. The van der Waals surface area contributed by atoms with Crippen molar-refractivity contribution >= 4 is 6.03 Å². The normalized spacial score (nSPS) is 17.9. The predicted octanol–water partition coefficient (Wildman–Crippen LogP) is 2.00. The van der Waals surface area contributed by atoms with Gasteiger partial charge in [-0.25, -0.2) is 4.79 Å². The monoisotopic (exact) mass is 319 g/mol. The number of amides is 2. The van der Waals surface area contributed by atoms with Crippen LogP contribution in [0.4, 0.5) is 18.0 Å². The summed E-state index contributed by atoms with van der Waals surface area (Å²) in [6.45, 7) is 2.99. The van der Waals surface area contributed by atoms with Crippen LogP contribution in [-0.4, -0.2) is 33.5 Å². The number of alkyl halides is 3. The van der Waals surface area contributed by atoms with Crippen molar-refractivity contribution in [1.82, 2.24) is 25.4 Å². The molecule has 1 atom stereocenters. The quantitative estimate of drug-likeness (QED) is 0.816. The van der Waals surface area contributed by atoms with Crippen molar-refractivity contribution in [3.05, 3.63) is 11.6 Å². The van der Waals surface area contributed by atoms with Gasteiger partial charge in [0.05, 0.1) is 12.5 Å². The van der Waals surface area contributed by atoms with Gasteiger partial charge >= 0.3 is 12.2 Å². The smallest absolute Gasteiger partial charge is 0.338 e. The third-order valence-corrected chi connectivity index (χ3v) is 3.72. The van der Waals surface area contributed by atoms with E-state index in [0.29, 0.717) is 18.2 Å². The van der Waals surface area contributed by atoms with Gasteiger partial charge in [0, 0.05) is 19.5 Å². The molecule has 0 saturated carbocycles. The van der Waals surface area contributed by atoms with E-state index in [0.717, 1.165) is 12.8 Å². The van der Waals surface area contributed by atoms with E-state index in [9.17, 15) is 18.0 Å². The molecule has 6 nitrogen and oxygen atoms in total. The predicted molar refractivity (Wildman–Crippen MR) is 73.0 cm³/mol. The molecule has 0 fully saturated rings. The minimum atomic E-state index is -4.20. The molecule has 0 saturated heterocycles. The summed E-state index contributed by atoms with van der Waals surface area (Å²) in [6.07, 6.45) is -2.46. The number of unbranched alkanes of at least 4 members (excludes halogenated alkanes) is 1. The Balaban J connectivity index is 1.88. The number of hydrogen-bond acceptors (Lipinski definition) is 3. The van der Waals surface area contributed by atoms with Gasteiger partial charge in [-0.3, -0.25) is 0 Å². The molecule has 2 heterocycles. The lowest BCUT2D eigenvalue weighted by molar-refractivity contribution is -0.179. The molecule has 124 valence electrons. The minimum Gasteiger partial charge on any atom is -0.338 e. The Labute approximate surface area is 126 Å². The summed E-state index contributed by atoms with van der Waals surface area (Å²) < 4.78 is 39.8. The van der Waals surface area contributed by atoms with Gasteiger partial charge in [0.1, 0.15) is 5.82 Å². The second-order valence-electron chi connectivity index (χ2n) is 5.38. The second-order valence-corrected chi connectivity index (χ2v) is 5.38. The summed E-state index contributed by atoms with van der Waals surface area (Å²) in [7, 11) is 0. The number of fused-ring (bicyclic) bond motifs is 1. The van der Waals surface area contributed by atoms with Gasteiger partial charge in [-0.15, -0.1) is 10.2 Å². The van der Waals surface area contributed by atoms with Crippen molar-refractivity contribution in [2.24, 2.45) is 5.92 Å². The van der Waals surface area contributed by atoms with Gasteiger partial charge in [-0.2, -0.15) is 13.2 Å². The van der Waals surface area contributed by atoms with E-state index in [4.69, 9.17) is 0 Å². The van der Waals surface area contributed by atoms with Crippen molar-refractivity contribution < 1.29 is 18.0 Å². The maximum absolute atomic E-state index is 12.7. The number of urea groups is 1. The molecule has 0 aliphatic carbocycles. The number of rotatable bonds is 5. The van der Waals surface area contributed by atoms with Crippen LogP contribution in [0.15, 0.2) is 0 Å². The van der Waals surface area contributed by atoms with E-state index in [1.54, 1.807) is 4.57 Å². The maximum atomic E-state index is 12.7. The number of carbonyl (C=O) groups excluding carboxylic acids is 1. The van der Waals surface area contributed by atoms with E-state index < -0.39 is 12.1 Å². The molecular weight excluding hydrogens is 299 g/mol. The first-order valence-corrected chi connectivity index (χ1v) is 7.41. The van der Waals surface area contributed by atoms with E-state index in [-0.39, 0.29) is 32.0 Å². The van der Waals surface area contributed by atoms with Crippen LogP contribution in [0.1, 0.15) is 37.8 Å². The van der Waals surface area contributed by atoms with Crippen molar-refractivity contribution in [2.75, 3.05) is 6.54 Å². The Hall–Kier alpha value is -1.80. The van der Waals surface area contributed by atoms with E-state index in [1.165, 1.54) is 0 Å². The Kier molecular flexibility index (Phi) is 5.25. The highest BCUT2D eigenvalue weighted by atomic mass is 19.4. The standard InChI is InChI=1S/C13H20F3N5O/c1-2-3-5-17-12(22)18-8-11-20-19-10-7-9(13(14,15)16)4-6-21(10)11/h9H,2-8H2,1H3,(H2,17,18,22). The highest BCUT2D eigenvalue weighted by Gasteiger charge is 2.42. The molecule has 0 aromatic carbocycles. The van der Waals surface area contributed by atoms with E-state index in [2.05, 4.69) is 20.8 Å². The van der Waals surface area contributed by atoms with Crippen LogP contribution in [-0.2, 0) is 19.5 Å². The molecule has 2 N–H and O–H groups in total. The number of nitrogens with zero attached hydrogens (tertiary/aromatic N) is 3. The first kappa shape index (κ1) is 16.6. The fraction of sp³-hybridized carbons (Fsp3) is 0.769. The fourth-order valence-electron chi connectivity index (χ4n) is 2.40. The van der Waals surface area contributed by atoms with Gasteiger partial charge in [0.15, 0.2) is 5.82 Å². The summed E-state index contributed by atoms with van der Waals surface area (Å²) in [5, 5.41) is 13.0. The molecule has 1 aliphatic heterocycles. The van der Waals surface area contributed by atoms with Crippen LogP contribution in [0.2, 0.25) is 0 Å². The lowest BCUT2D eigenvalue weighted by Crippen LogP contribution is -2.37. The van der Waals surface area contributed by atoms with Crippen LogP contribution >= 0.6 is 0 Å². The molecule has 0 bridgehead atoms. The molecule has 9 heteroatoms. The molecule has 1 aromatic heterocycles. The highest BCUT2D eigenvalue weighted by Crippen LogP contribution is 2.34. The van der Waals surface area contributed by atoms with Crippen LogP contribution in [0.25, 0.3) is 0 Å². The molecule has 0 radical (unpaired) electrons. The fourth-order valence-corrected chi connectivity index (χ4v) is 2.40. The topological polar surface area (TPSA) is 71.8 Å². The Morgan fingerprint density at radius 2 is 2.14 bits per heavy atom. The number of aromatic nitrogens is 3. The van der Waals surface area contributed by atoms with Crippen molar-refractivity contribution in [2.45, 2.75) is 51.9 Å². The van der Waals surface area contributed by atoms with Crippen molar-refractivity contribution in [1.29, 1.82) is 0 Å². The zero-order valence-corrected chi connectivity index (χ0v) is 12.4. The van der Waals surface area contributed by atoms with Gasteiger partial charge in [-0.05, 0) is 12.8 Å². The van der Waals surface area contributed by atoms with Crippen LogP contribution in [0, 0.1) is 5.92 Å². The lowest BCUT2D eigenvalue weighted by Gasteiger charge is -2.25. The summed E-state index contributed by atoms with van der Waals surface area (Å²) in [5.74, 6) is -0.541. The Morgan fingerprint density at radius 1 is 1.36 bits per heavy atom. The Bertz CT molecular complexity index is 514. The largest absolute Gasteiger partial charge is 0.392 e. The van der Waals surface area contributed by atoms with E-state index >= 15 is 0 Å². The number of carbonyl (C=O) groups is 1. The molecule has 1 aromatic rings.